The molecule has 1 aliphatic carbocycles. The standard InChI is InChI=1S/C14H17N3O/c1-2-9-5-3-4-6-11(9)12-13(15)16-14(18)17(12)10-7-8-10/h3-6,10,12H,2,7-8H2,1H3,(H2,15,16,18). The van der Waals surface area contributed by atoms with E-state index < -0.39 is 0 Å². The van der Waals surface area contributed by atoms with Crippen LogP contribution < -0.4 is 5.73 Å². The largest absolute Gasteiger partial charge is 0.385 e. The lowest BCUT2D eigenvalue weighted by Gasteiger charge is -2.26. The minimum absolute atomic E-state index is 0.152. The molecule has 18 heavy (non-hydrogen) atoms. The molecule has 1 aromatic rings. The third kappa shape index (κ3) is 1.68. The highest BCUT2D eigenvalue weighted by Crippen LogP contribution is 2.39. The second kappa shape index (κ2) is 4.12. The molecule has 94 valence electrons. The fraction of sp³-hybridized carbons (Fsp3) is 0.429. The lowest BCUT2D eigenvalue weighted by atomic mass is 9.97. The van der Waals surface area contributed by atoms with Crippen LogP contribution in [0.3, 0.4) is 0 Å². The van der Waals surface area contributed by atoms with Gasteiger partial charge in [-0.15, -0.1) is 0 Å². The molecule has 0 radical (unpaired) electrons. The Labute approximate surface area is 106 Å². The summed E-state index contributed by atoms with van der Waals surface area (Å²) in [5.74, 6) is 0.438. The number of urea groups is 1. The topological polar surface area (TPSA) is 58.7 Å². The van der Waals surface area contributed by atoms with Crippen molar-refractivity contribution in [3.63, 3.8) is 0 Å². The van der Waals surface area contributed by atoms with E-state index in [4.69, 9.17) is 5.73 Å². The minimum atomic E-state index is -0.175. The number of hydrogen-bond acceptors (Lipinski definition) is 2. The van der Waals surface area contributed by atoms with Gasteiger partial charge in [-0.05, 0) is 30.4 Å². The van der Waals surface area contributed by atoms with Gasteiger partial charge in [-0.1, -0.05) is 31.2 Å². The molecule has 2 amide bonds. The fourth-order valence-corrected chi connectivity index (χ4v) is 2.63. The van der Waals surface area contributed by atoms with Gasteiger partial charge < -0.3 is 10.6 Å². The van der Waals surface area contributed by atoms with Gasteiger partial charge in [-0.2, -0.15) is 4.99 Å². The lowest BCUT2D eigenvalue weighted by molar-refractivity contribution is 0.203. The number of amides is 2. The van der Waals surface area contributed by atoms with Crippen LogP contribution in [0.15, 0.2) is 29.3 Å². The fourth-order valence-electron chi connectivity index (χ4n) is 2.63. The van der Waals surface area contributed by atoms with Crippen molar-refractivity contribution >= 4 is 11.9 Å². The van der Waals surface area contributed by atoms with Crippen LogP contribution in [-0.2, 0) is 6.42 Å². The number of aryl methyl sites for hydroxylation is 1. The summed E-state index contributed by atoms with van der Waals surface area (Å²) in [6.45, 7) is 2.12. The first-order chi connectivity index (χ1) is 8.72. The molecule has 1 saturated carbocycles. The number of carbonyl (C=O) groups excluding carboxylic acids is 1. The molecule has 4 heteroatoms. The van der Waals surface area contributed by atoms with Crippen molar-refractivity contribution in [2.75, 3.05) is 0 Å². The second-order valence-electron chi connectivity index (χ2n) is 4.91. The lowest BCUT2D eigenvalue weighted by Crippen LogP contribution is -2.35. The zero-order valence-corrected chi connectivity index (χ0v) is 10.5. The Balaban J connectivity index is 2.03. The van der Waals surface area contributed by atoms with Crippen LogP contribution in [0.5, 0.6) is 0 Å². The zero-order chi connectivity index (χ0) is 12.7. The van der Waals surface area contributed by atoms with E-state index in [2.05, 4.69) is 24.0 Å². The Morgan fingerprint density at radius 3 is 2.78 bits per heavy atom. The van der Waals surface area contributed by atoms with E-state index in [0.29, 0.717) is 11.9 Å². The van der Waals surface area contributed by atoms with Crippen molar-refractivity contribution < 1.29 is 4.79 Å². The number of carbonyl (C=O) groups is 1. The molecule has 2 aliphatic rings. The van der Waals surface area contributed by atoms with Gasteiger partial charge in [0.15, 0.2) is 0 Å². The SMILES string of the molecule is CCc1ccccc1C1C(N)=NC(=O)N1C1CC1. The van der Waals surface area contributed by atoms with Crippen LogP contribution in [0, 0.1) is 0 Å². The number of benzene rings is 1. The number of nitrogens with zero attached hydrogens (tertiary/aromatic N) is 2. The van der Waals surface area contributed by atoms with Gasteiger partial charge in [0.05, 0.1) is 0 Å². The summed E-state index contributed by atoms with van der Waals surface area (Å²) in [4.78, 5) is 17.7. The highest BCUT2D eigenvalue weighted by molar-refractivity contribution is 6.03. The van der Waals surface area contributed by atoms with E-state index in [1.54, 1.807) is 0 Å². The molecule has 1 aromatic carbocycles. The van der Waals surface area contributed by atoms with Crippen molar-refractivity contribution in [1.29, 1.82) is 0 Å². The third-order valence-corrected chi connectivity index (χ3v) is 3.67. The van der Waals surface area contributed by atoms with E-state index in [9.17, 15) is 4.79 Å². The van der Waals surface area contributed by atoms with Crippen LogP contribution in [0.1, 0.15) is 36.9 Å². The number of amidine groups is 1. The van der Waals surface area contributed by atoms with Gasteiger partial charge in [-0.3, -0.25) is 0 Å². The maximum atomic E-state index is 11.9. The molecule has 1 heterocycles. The molecule has 1 unspecified atom stereocenters. The van der Waals surface area contributed by atoms with E-state index in [0.717, 1.165) is 24.8 Å². The summed E-state index contributed by atoms with van der Waals surface area (Å²) in [5, 5.41) is 0. The Hall–Kier alpha value is -1.84. The van der Waals surface area contributed by atoms with Gasteiger partial charge in [0, 0.05) is 6.04 Å². The summed E-state index contributed by atoms with van der Waals surface area (Å²) in [7, 11) is 0. The van der Waals surface area contributed by atoms with E-state index in [-0.39, 0.29) is 12.1 Å². The number of rotatable bonds is 3. The molecular formula is C14H17N3O. The highest BCUT2D eigenvalue weighted by atomic mass is 16.2. The maximum absolute atomic E-state index is 11.9. The predicted molar refractivity (Wildman–Crippen MR) is 70.4 cm³/mol. The smallest absolute Gasteiger partial charge is 0.346 e. The Morgan fingerprint density at radius 1 is 1.39 bits per heavy atom. The summed E-state index contributed by atoms with van der Waals surface area (Å²) in [5.41, 5.74) is 8.33. The highest BCUT2D eigenvalue weighted by Gasteiger charge is 2.44. The van der Waals surface area contributed by atoms with Crippen LogP contribution in [0.25, 0.3) is 0 Å². The van der Waals surface area contributed by atoms with Crippen molar-refractivity contribution in [3.05, 3.63) is 35.4 Å². The Kier molecular flexibility index (Phi) is 2.58. The minimum Gasteiger partial charge on any atom is -0.385 e. The van der Waals surface area contributed by atoms with Gasteiger partial charge in [0.2, 0.25) is 0 Å². The van der Waals surface area contributed by atoms with E-state index in [1.807, 2.05) is 17.0 Å². The van der Waals surface area contributed by atoms with Crippen LogP contribution >= 0.6 is 0 Å². The first kappa shape index (κ1) is 11.3. The molecule has 0 spiro atoms. The summed E-state index contributed by atoms with van der Waals surface area (Å²) in [6, 6.07) is 8.17. The first-order valence-electron chi connectivity index (χ1n) is 6.46. The molecule has 1 fully saturated rings. The molecular weight excluding hydrogens is 226 g/mol. The number of hydrogen-bond donors (Lipinski definition) is 1. The first-order valence-corrected chi connectivity index (χ1v) is 6.46. The number of nitrogens with two attached hydrogens (primary N) is 1. The normalized spacial score (nSPS) is 23.4. The second-order valence-corrected chi connectivity index (χ2v) is 4.91. The van der Waals surface area contributed by atoms with Gasteiger partial charge in [0.25, 0.3) is 0 Å². The average molecular weight is 243 g/mol. The van der Waals surface area contributed by atoms with Crippen molar-refractivity contribution in [3.8, 4) is 0 Å². The average Bonchev–Trinajstić information content (AvgIpc) is 3.15. The predicted octanol–water partition coefficient (Wildman–Crippen LogP) is 2.25. The quantitative estimate of drug-likeness (QED) is 0.885. The Morgan fingerprint density at radius 2 is 2.11 bits per heavy atom. The Bertz CT molecular complexity index is 520. The van der Waals surface area contributed by atoms with E-state index >= 15 is 0 Å². The maximum Gasteiger partial charge on any atom is 0.346 e. The monoisotopic (exact) mass is 243 g/mol. The molecule has 2 N–H and O–H groups in total. The zero-order valence-electron chi connectivity index (χ0n) is 10.5. The van der Waals surface area contributed by atoms with Crippen LogP contribution in [-0.4, -0.2) is 22.8 Å². The summed E-state index contributed by atoms with van der Waals surface area (Å²) < 4.78 is 0. The third-order valence-electron chi connectivity index (χ3n) is 3.67. The molecule has 4 nitrogen and oxygen atoms in total. The summed E-state index contributed by atoms with van der Waals surface area (Å²) >= 11 is 0. The van der Waals surface area contributed by atoms with Crippen LogP contribution in [0.4, 0.5) is 4.79 Å². The van der Waals surface area contributed by atoms with Gasteiger partial charge in [-0.25, -0.2) is 4.79 Å². The molecule has 0 aromatic heterocycles. The van der Waals surface area contributed by atoms with Crippen molar-refractivity contribution in [2.24, 2.45) is 10.7 Å². The van der Waals surface area contributed by atoms with Crippen molar-refractivity contribution in [1.82, 2.24) is 4.90 Å². The van der Waals surface area contributed by atoms with Crippen LogP contribution in [0.2, 0.25) is 0 Å². The van der Waals surface area contributed by atoms with Gasteiger partial charge >= 0.3 is 6.03 Å². The molecule has 0 bridgehead atoms. The van der Waals surface area contributed by atoms with Crippen molar-refractivity contribution in [2.45, 2.75) is 38.3 Å². The van der Waals surface area contributed by atoms with Gasteiger partial charge in [0.1, 0.15) is 11.9 Å². The molecule has 0 saturated heterocycles. The molecule has 3 rings (SSSR count). The van der Waals surface area contributed by atoms with E-state index in [1.165, 1.54) is 5.56 Å². The molecule has 1 atom stereocenters. The summed E-state index contributed by atoms with van der Waals surface area (Å²) in [6.07, 6.45) is 3.07. The number of aliphatic imine (C=N–C) groups is 1. The molecule has 1 aliphatic heterocycles.